The topological polar surface area (TPSA) is 51.2 Å². The largest absolute Gasteiger partial charge is 0.298 e. The zero-order valence-corrected chi connectivity index (χ0v) is 11.6. The van der Waals surface area contributed by atoms with E-state index < -0.39 is 15.1 Å². The molecule has 2 rings (SSSR count). The van der Waals surface area contributed by atoms with E-state index in [1.54, 1.807) is 11.3 Å². The van der Waals surface area contributed by atoms with E-state index in [-0.39, 0.29) is 11.7 Å². The Bertz CT molecular complexity index is 528. The molecular formula is C12H16O3S2. The normalized spacial score (nSPS) is 21.9. The summed E-state index contributed by atoms with van der Waals surface area (Å²) in [5.74, 6) is -0.360. The average Bonchev–Trinajstić information content (AvgIpc) is 2.73. The summed E-state index contributed by atoms with van der Waals surface area (Å²) >= 11 is 1.66. The quantitative estimate of drug-likeness (QED) is 0.847. The zero-order chi connectivity index (χ0) is 12.6. The molecule has 1 aliphatic rings. The van der Waals surface area contributed by atoms with E-state index in [0.717, 1.165) is 31.1 Å². The van der Waals surface area contributed by atoms with Crippen molar-refractivity contribution < 1.29 is 13.2 Å². The van der Waals surface area contributed by atoms with Crippen molar-refractivity contribution >= 4 is 27.0 Å². The smallest absolute Gasteiger partial charge is 0.158 e. The Kier molecular flexibility index (Phi) is 3.41. The summed E-state index contributed by atoms with van der Waals surface area (Å²) in [6.07, 6.45) is 3.90. The van der Waals surface area contributed by atoms with Gasteiger partial charge >= 0.3 is 0 Å². The Labute approximate surface area is 106 Å². The number of Topliss-reactive ketones (excluding diaryl/α,β-unsaturated/α-hetero) is 1. The molecule has 17 heavy (non-hydrogen) atoms. The number of carbonyl (C=O) groups is 1. The minimum Gasteiger partial charge on any atom is -0.298 e. The fraction of sp³-hybridized carbons (Fsp3) is 0.583. The van der Waals surface area contributed by atoms with Gasteiger partial charge in [-0.25, -0.2) is 8.42 Å². The molecule has 0 amide bonds. The lowest BCUT2D eigenvalue weighted by Gasteiger charge is -2.23. The van der Waals surface area contributed by atoms with Crippen molar-refractivity contribution in [2.45, 2.75) is 37.4 Å². The number of rotatable bonds is 3. The van der Waals surface area contributed by atoms with Crippen LogP contribution in [0.3, 0.4) is 0 Å². The van der Waals surface area contributed by atoms with Gasteiger partial charge in [-0.1, -0.05) is 0 Å². The van der Waals surface area contributed by atoms with Crippen molar-refractivity contribution in [1.82, 2.24) is 0 Å². The van der Waals surface area contributed by atoms with Crippen LogP contribution in [0.15, 0.2) is 11.4 Å². The SMILES string of the molecule is CC(C(=O)C1CCCc2sccc21)S(C)(=O)=O. The molecular weight excluding hydrogens is 256 g/mol. The van der Waals surface area contributed by atoms with Crippen molar-refractivity contribution in [2.75, 3.05) is 6.26 Å². The van der Waals surface area contributed by atoms with Crippen molar-refractivity contribution in [3.05, 3.63) is 21.9 Å². The van der Waals surface area contributed by atoms with Gasteiger partial charge in [-0.05, 0) is 43.2 Å². The van der Waals surface area contributed by atoms with Crippen molar-refractivity contribution in [2.24, 2.45) is 0 Å². The Morgan fingerprint density at radius 1 is 1.53 bits per heavy atom. The van der Waals surface area contributed by atoms with Crippen LogP contribution in [0.4, 0.5) is 0 Å². The molecule has 1 aliphatic carbocycles. The summed E-state index contributed by atoms with van der Waals surface area (Å²) in [6.45, 7) is 1.50. The fourth-order valence-electron chi connectivity index (χ4n) is 2.28. The van der Waals surface area contributed by atoms with Gasteiger partial charge in [0, 0.05) is 17.1 Å². The lowest BCUT2D eigenvalue weighted by molar-refractivity contribution is -0.120. The van der Waals surface area contributed by atoms with Crippen LogP contribution in [0.1, 0.15) is 36.1 Å². The third-order valence-electron chi connectivity index (χ3n) is 3.44. The van der Waals surface area contributed by atoms with Crippen LogP contribution in [0, 0.1) is 0 Å². The Morgan fingerprint density at radius 3 is 2.88 bits per heavy atom. The molecule has 94 valence electrons. The average molecular weight is 272 g/mol. The molecule has 2 atom stereocenters. The number of hydrogen-bond acceptors (Lipinski definition) is 4. The molecule has 2 unspecified atom stereocenters. The second kappa shape index (κ2) is 4.53. The maximum atomic E-state index is 12.2. The number of fused-ring (bicyclic) bond motifs is 1. The van der Waals surface area contributed by atoms with E-state index in [0.29, 0.717) is 0 Å². The first kappa shape index (κ1) is 12.8. The van der Waals surface area contributed by atoms with Gasteiger partial charge in [0.05, 0.1) is 0 Å². The predicted octanol–water partition coefficient (Wildman–Crippen LogP) is 2.17. The van der Waals surface area contributed by atoms with Crippen LogP contribution < -0.4 is 0 Å². The fourth-order valence-corrected chi connectivity index (χ4v) is 3.85. The Morgan fingerprint density at radius 2 is 2.24 bits per heavy atom. The monoisotopic (exact) mass is 272 g/mol. The van der Waals surface area contributed by atoms with Crippen molar-refractivity contribution in [3.8, 4) is 0 Å². The van der Waals surface area contributed by atoms with Gasteiger partial charge in [0.1, 0.15) is 5.25 Å². The number of thiophene rings is 1. The summed E-state index contributed by atoms with van der Waals surface area (Å²) in [7, 11) is -3.28. The van der Waals surface area contributed by atoms with Crippen LogP contribution >= 0.6 is 11.3 Å². The van der Waals surface area contributed by atoms with E-state index in [2.05, 4.69) is 0 Å². The number of carbonyl (C=O) groups excluding carboxylic acids is 1. The minimum atomic E-state index is -3.28. The molecule has 0 radical (unpaired) electrons. The lowest BCUT2D eigenvalue weighted by atomic mass is 9.84. The van der Waals surface area contributed by atoms with Gasteiger partial charge in [-0.15, -0.1) is 11.3 Å². The highest BCUT2D eigenvalue weighted by atomic mass is 32.2. The summed E-state index contributed by atoms with van der Waals surface area (Å²) in [5.41, 5.74) is 1.06. The van der Waals surface area contributed by atoms with Gasteiger partial charge in [0.2, 0.25) is 0 Å². The second-order valence-corrected chi connectivity index (χ2v) is 7.98. The first-order valence-electron chi connectivity index (χ1n) is 5.70. The second-order valence-electron chi connectivity index (χ2n) is 4.62. The first-order valence-corrected chi connectivity index (χ1v) is 8.53. The zero-order valence-electron chi connectivity index (χ0n) is 9.97. The summed E-state index contributed by atoms with van der Waals surface area (Å²) in [5, 5.41) is 1.10. The highest BCUT2D eigenvalue weighted by molar-refractivity contribution is 7.92. The maximum absolute atomic E-state index is 12.2. The van der Waals surface area contributed by atoms with Crippen LogP contribution in [0.2, 0.25) is 0 Å². The van der Waals surface area contributed by atoms with Gasteiger partial charge in [0.25, 0.3) is 0 Å². The molecule has 1 heterocycles. The molecule has 3 nitrogen and oxygen atoms in total. The number of aryl methyl sites for hydroxylation is 1. The molecule has 0 N–H and O–H groups in total. The third-order valence-corrected chi connectivity index (χ3v) is 5.95. The molecule has 0 bridgehead atoms. The summed E-state index contributed by atoms with van der Waals surface area (Å²) in [6, 6.07) is 1.97. The molecule has 1 aromatic rings. The molecule has 0 saturated heterocycles. The number of sulfone groups is 1. The van der Waals surface area contributed by atoms with Crippen molar-refractivity contribution in [1.29, 1.82) is 0 Å². The minimum absolute atomic E-state index is 0.146. The number of ketones is 1. The van der Waals surface area contributed by atoms with Crippen molar-refractivity contribution in [3.63, 3.8) is 0 Å². The molecule has 0 fully saturated rings. The molecule has 1 aromatic heterocycles. The van der Waals surface area contributed by atoms with E-state index in [9.17, 15) is 13.2 Å². The summed E-state index contributed by atoms with van der Waals surface area (Å²) in [4.78, 5) is 13.5. The van der Waals surface area contributed by atoms with Crippen LogP contribution in [-0.2, 0) is 21.1 Å². The van der Waals surface area contributed by atoms with Gasteiger partial charge in [0.15, 0.2) is 15.6 Å². The number of hydrogen-bond donors (Lipinski definition) is 0. The molecule has 0 aromatic carbocycles. The van der Waals surface area contributed by atoms with E-state index in [1.165, 1.54) is 11.8 Å². The van der Waals surface area contributed by atoms with Gasteiger partial charge in [-0.2, -0.15) is 0 Å². The third kappa shape index (κ3) is 2.45. The van der Waals surface area contributed by atoms with Crippen LogP contribution in [-0.4, -0.2) is 25.7 Å². The Balaban J connectivity index is 2.29. The van der Waals surface area contributed by atoms with E-state index in [1.807, 2.05) is 11.4 Å². The van der Waals surface area contributed by atoms with Crippen LogP contribution in [0.25, 0.3) is 0 Å². The molecule has 0 saturated carbocycles. The lowest BCUT2D eigenvalue weighted by Crippen LogP contribution is -2.32. The standard InChI is InChI=1S/C12H16O3S2/c1-8(17(2,14)15)12(13)10-4-3-5-11-9(10)6-7-16-11/h6-8,10H,3-5H2,1-2H3. The van der Waals surface area contributed by atoms with Gasteiger partial charge in [-0.3, -0.25) is 4.79 Å². The van der Waals surface area contributed by atoms with Gasteiger partial charge < -0.3 is 0 Å². The maximum Gasteiger partial charge on any atom is 0.158 e. The van der Waals surface area contributed by atoms with E-state index >= 15 is 0 Å². The first-order chi connectivity index (χ1) is 7.91. The highest BCUT2D eigenvalue weighted by Crippen LogP contribution is 2.36. The molecule has 0 aliphatic heterocycles. The molecule has 0 spiro atoms. The summed E-state index contributed by atoms with van der Waals surface area (Å²) < 4.78 is 22.9. The highest BCUT2D eigenvalue weighted by Gasteiger charge is 2.34. The Hall–Kier alpha value is -0.680. The van der Waals surface area contributed by atoms with Crippen LogP contribution in [0.5, 0.6) is 0 Å². The predicted molar refractivity (Wildman–Crippen MR) is 69.3 cm³/mol. The van der Waals surface area contributed by atoms with E-state index in [4.69, 9.17) is 0 Å². The molecule has 5 heteroatoms.